The maximum atomic E-state index is 14.0. The zero-order valence-electron chi connectivity index (χ0n) is 41.4. The van der Waals surface area contributed by atoms with E-state index in [1.807, 2.05) is 26.8 Å². The van der Waals surface area contributed by atoms with Crippen molar-refractivity contribution < 1.29 is 81.8 Å². The molecule has 23 unspecified atom stereocenters. The Hall–Kier alpha value is -2.65. The Morgan fingerprint density at radius 3 is 1.91 bits per heavy atom. The van der Waals surface area contributed by atoms with Crippen LogP contribution in [-0.4, -0.2) is 158 Å². The third kappa shape index (κ3) is 9.23. The molecule has 4 aliphatic carbocycles. The summed E-state index contributed by atoms with van der Waals surface area (Å²) in [5, 5.41) is 34.4. The van der Waals surface area contributed by atoms with E-state index in [1.165, 1.54) is 21.0 Å². The highest BCUT2D eigenvalue weighted by Crippen LogP contribution is 2.70. The first-order valence-corrected chi connectivity index (χ1v) is 24.8. The average molecular weight is 961 g/mol. The minimum Gasteiger partial charge on any atom is -0.458 e. The number of benzene rings is 1. The summed E-state index contributed by atoms with van der Waals surface area (Å²) in [4.78, 5) is 40.4. The Labute approximate surface area is 400 Å². The number of fused-ring (bicyclic) bond motifs is 5. The molecule has 3 N–H and O–H groups in total. The minimum absolute atomic E-state index is 0.0830. The molecule has 17 heteroatoms. The van der Waals surface area contributed by atoms with Crippen LogP contribution in [0.3, 0.4) is 0 Å². The van der Waals surface area contributed by atoms with Crippen LogP contribution in [0.25, 0.3) is 0 Å². The van der Waals surface area contributed by atoms with E-state index < -0.39 is 126 Å². The number of Topliss-reactive ketones (excluding diaryl/α,β-unsaturated/α-hetero) is 1. The molecule has 0 radical (unpaired) electrons. The molecule has 17 nitrogen and oxygen atoms in total. The van der Waals surface area contributed by atoms with Crippen molar-refractivity contribution in [3.63, 3.8) is 0 Å². The Kier molecular flexibility index (Phi) is 15.6. The van der Waals surface area contributed by atoms with Crippen LogP contribution < -0.4 is 0 Å². The van der Waals surface area contributed by atoms with E-state index in [1.54, 1.807) is 45.4 Å². The van der Waals surface area contributed by atoms with Crippen molar-refractivity contribution in [1.82, 2.24) is 0 Å². The van der Waals surface area contributed by atoms with Crippen LogP contribution in [0.1, 0.15) is 117 Å². The molecular weight excluding hydrogens is 885 g/mol. The molecule has 0 bridgehead atoms. The van der Waals surface area contributed by atoms with Gasteiger partial charge in [-0.2, -0.15) is 0 Å². The number of hydrogen-bond donors (Lipinski definition) is 3. The second kappa shape index (κ2) is 20.5. The topological polar surface area (TPSA) is 213 Å². The largest absolute Gasteiger partial charge is 0.458 e. The molecule has 23 atom stereocenters. The van der Waals surface area contributed by atoms with Crippen molar-refractivity contribution in [2.24, 2.45) is 34.5 Å². The van der Waals surface area contributed by atoms with E-state index in [2.05, 4.69) is 6.92 Å². The smallest absolute Gasteiger partial charge is 0.338 e. The molecule has 7 aliphatic rings. The van der Waals surface area contributed by atoms with Crippen LogP contribution in [0.4, 0.5) is 0 Å². The second-order valence-electron chi connectivity index (χ2n) is 21.3. The maximum absolute atomic E-state index is 14.0. The van der Waals surface area contributed by atoms with Gasteiger partial charge in [0.2, 0.25) is 0 Å². The molecule has 0 spiro atoms. The summed E-state index contributed by atoms with van der Waals surface area (Å²) in [6, 6.07) is 8.76. The average Bonchev–Trinajstić information content (AvgIpc) is 3.59. The SMILES string of the molecule is COC1CC(OC2CCC3(C)C(CCC4C3C(OC(=O)c3ccccc3)C(OC(C)=O)C3(C)C(C(C)=O)CCC43O)C2)OC(C)C1OC1CC(OC)C(OC2OC(C)C(O)C(OC)C2O)C(C)O1. The standard InChI is InChI=1S/C51H76O17/c1-25(52)33-19-21-51(57)34-17-16-31-22-32(18-20-49(31,6)39(34)44(46(50(33,51)7)64-29(5)53)67-47(56)30-14-12-11-13-15-30)65-37-23-35(58-8)42(27(3)61-37)66-38-24-36(59-9)43(28(4)62-38)68-48-41(55)45(60-10)40(54)26(2)63-48/h11-15,26-28,31-46,48,54-55,57H,16-24H2,1-10H3. The number of aliphatic hydroxyl groups excluding tert-OH is 2. The van der Waals surface area contributed by atoms with Crippen molar-refractivity contribution in [2.75, 3.05) is 21.3 Å². The zero-order chi connectivity index (χ0) is 49.0. The van der Waals surface area contributed by atoms with E-state index in [0.717, 1.165) is 6.42 Å². The van der Waals surface area contributed by atoms with Crippen LogP contribution >= 0.6 is 0 Å². The number of ether oxygens (including phenoxy) is 11. The van der Waals surface area contributed by atoms with Crippen molar-refractivity contribution in [1.29, 1.82) is 0 Å². The molecule has 0 aromatic heterocycles. The fraction of sp³-hybridized carbons (Fsp3) is 0.824. The highest BCUT2D eigenvalue weighted by molar-refractivity contribution is 5.89. The van der Waals surface area contributed by atoms with Crippen molar-refractivity contribution in [3.05, 3.63) is 35.9 Å². The fourth-order valence-corrected chi connectivity index (χ4v) is 14.2. The zero-order valence-corrected chi connectivity index (χ0v) is 41.4. The summed E-state index contributed by atoms with van der Waals surface area (Å²) >= 11 is 0. The molecule has 68 heavy (non-hydrogen) atoms. The first-order chi connectivity index (χ1) is 32.3. The summed E-state index contributed by atoms with van der Waals surface area (Å²) in [6.45, 7) is 12.4. The molecule has 3 saturated heterocycles. The lowest BCUT2D eigenvalue weighted by molar-refractivity contribution is -0.352. The summed E-state index contributed by atoms with van der Waals surface area (Å²) in [7, 11) is 4.64. The van der Waals surface area contributed by atoms with Gasteiger partial charge in [0.25, 0.3) is 0 Å². The summed E-state index contributed by atoms with van der Waals surface area (Å²) < 4.78 is 68.5. The molecule has 8 rings (SSSR count). The molecule has 382 valence electrons. The molecule has 3 aliphatic heterocycles. The van der Waals surface area contributed by atoms with Gasteiger partial charge in [-0.1, -0.05) is 32.0 Å². The first kappa shape index (κ1) is 51.7. The van der Waals surface area contributed by atoms with Gasteiger partial charge in [0.15, 0.2) is 18.9 Å². The number of esters is 2. The lowest BCUT2D eigenvalue weighted by Gasteiger charge is -2.66. The summed E-state index contributed by atoms with van der Waals surface area (Å²) in [6.07, 6.45) is -6.17. The van der Waals surface area contributed by atoms with Crippen LogP contribution in [0, 0.1) is 34.5 Å². The Morgan fingerprint density at radius 2 is 1.31 bits per heavy atom. The molecule has 4 saturated carbocycles. The Balaban J connectivity index is 0.942. The van der Waals surface area contributed by atoms with Crippen molar-refractivity contribution in [3.8, 4) is 0 Å². The molecule has 0 amide bonds. The lowest BCUT2D eigenvalue weighted by atomic mass is 9.41. The number of aliphatic hydroxyl groups is 3. The maximum Gasteiger partial charge on any atom is 0.338 e. The van der Waals surface area contributed by atoms with Crippen LogP contribution in [0.2, 0.25) is 0 Å². The minimum atomic E-state index is -1.34. The van der Waals surface area contributed by atoms with E-state index in [-0.39, 0.29) is 29.6 Å². The third-order valence-electron chi connectivity index (χ3n) is 17.7. The molecule has 3 heterocycles. The van der Waals surface area contributed by atoms with Crippen molar-refractivity contribution in [2.45, 2.75) is 210 Å². The number of carbonyl (C=O) groups is 3. The Bertz CT molecular complexity index is 1920. The normalized spacial score (nSPS) is 48.1. The molecular formula is C51H76O17. The van der Waals surface area contributed by atoms with Gasteiger partial charge in [-0.25, -0.2) is 4.79 Å². The van der Waals surface area contributed by atoms with Gasteiger partial charge in [-0.15, -0.1) is 0 Å². The summed E-state index contributed by atoms with van der Waals surface area (Å²) in [5.41, 5.74) is -2.59. The van der Waals surface area contributed by atoms with Gasteiger partial charge < -0.3 is 67.4 Å². The molecule has 1 aromatic carbocycles. The van der Waals surface area contributed by atoms with E-state index in [9.17, 15) is 29.7 Å². The molecule has 1 aromatic rings. The van der Waals surface area contributed by atoms with Gasteiger partial charge >= 0.3 is 11.9 Å². The summed E-state index contributed by atoms with van der Waals surface area (Å²) in [5.74, 6) is -2.34. The number of methoxy groups -OCH3 is 3. The number of ketones is 1. The number of carbonyl (C=O) groups excluding carboxylic acids is 3. The highest BCUT2D eigenvalue weighted by atomic mass is 16.8. The van der Waals surface area contributed by atoms with E-state index >= 15 is 0 Å². The lowest BCUT2D eigenvalue weighted by Crippen LogP contribution is -2.73. The predicted molar refractivity (Wildman–Crippen MR) is 241 cm³/mol. The van der Waals surface area contributed by atoms with Gasteiger partial charge in [0.05, 0.1) is 47.8 Å². The van der Waals surface area contributed by atoms with Crippen LogP contribution in [0.5, 0.6) is 0 Å². The third-order valence-corrected chi connectivity index (χ3v) is 17.7. The highest BCUT2D eigenvalue weighted by Gasteiger charge is 2.76. The first-order valence-electron chi connectivity index (χ1n) is 24.8. The van der Waals surface area contributed by atoms with Crippen LogP contribution in [0.15, 0.2) is 30.3 Å². The van der Waals surface area contributed by atoms with E-state index in [0.29, 0.717) is 56.9 Å². The van der Waals surface area contributed by atoms with Gasteiger partial charge in [0.1, 0.15) is 48.5 Å². The number of rotatable bonds is 13. The van der Waals surface area contributed by atoms with E-state index in [4.69, 9.17) is 52.1 Å². The van der Waals surface area contributed by atoms with Crippen molar-refractivity contribution >= 4 is 17.7 Å². The van der Waals surface area contributed by atoms with Crippen LogP contribution in [-0.2, 0) is 61.7 Å². The Morgan fingerprint density at radius 1 is 0.676 bits per heavy atom. The second-order valence-corrected chi connectivity index (χ2v) is 21.3. The predicted octanol–water partition coefficient (Wildman–Crippen LogP) is 4.66. The van der Waals surface area contributed by atoms with Gasteiger partial charge in [-0.3, -0.25) is 9.59 Å². The van der Waals surface area contributed by atoms with Gasteiger partial charge in [0, 0.05) is 58.3 Å². The number of hydrogen-bond acceptors (Lipinski definition) is 17. The molecule has 7 fully saturated rings. The monoisotopic (exact) mass is 961 g/mol. The quantitative estimate of drug-likeness (QED) is 0.181. The van der Waals surface area contributed by atoms with Gasteiger partial charge in [-0.05, 0) is 102 Å². The fourth-order valence-electron chi connectivity index (χ4n) is 14.2.